The van der Waals surface area contributed by atoms with Crippen LogP contribution in [-0.2, 0) is 17.9 Å². The van der Waals surface area contributed by atoms with Crippen LogP contribution in [0.4, 0.5) is 5.95 Å². The lowest BCUT2D eigenvalue weighted by molar-refractivity contribution is -0.127. The number of likely N-dealkylation sites (tertiary alicyclic amines) is 1. The Bertz CT molecular complexity index is 1770. The van der Waals surface area contributed by atoms with Crippen LogP contribution in [0.3, 0.4) is 0 Å². The first-order valence-corrected chi connectivity index (χ1v) is 16.1. The molecule has 1 atom stereocenters. The number of fused-ring (bicyclic) bond motifs is 1. The van der Waals surface area contributed by atoms with E-state index in [1.54, 1.807) is 12.3 Å². The highest BCUT2D eigenvalue weighted by molar-refractivity contribution is 7.17. The van der Waals surface area contributed by atoms with Crippen molar-refractivity contribution in [1.82, 2.24) is 24.8 Å². The van der Waals surface area contributed by atoms with Crippen molar-refractivity contribution >= 4 is 40.1 Å². The second-order valence-corrected chi connectivity index (χ2v) is 13.6. The van der Waals surface area contributed by atoms with E-state index in [4.69, 9.17) is 9.40 Å². The Morgan fingerprint density at radius 1 is 1.23 bits per heavy atom. The van der Waals surface area contributed by atoms with Gasteiger partial charge in [0.25, 0.3) is 11.8 Å². The van der Waals surface area contributed by atoms with E-state index in [0.29, 0.717) is 29.7 Å². The summed E-state index contributed by atoms with van der Waals surface area (Å²) in [6, 6.07) is 11.9. The molecule has 0 bridgehead atoms. The number of allylic oxidation sites excluding steroid dienone is 1. The Morgan fingerprint density at radius 2 is 2.09 bits per heavy atom. The van der Waals surface area contributed by atoms with Crippen molar-refractivity contribution in [3.05, 3.63) is 65.0 Å². The summed E-state index contributed by atoms with van der Waals surface area (Å²) in [5.41, 5.74) is 2.99. The lowest BCUT2D eigenvalue weighted by atomic mass is 10.0. The number of aromatic nitrogens is 3. The summed E-state index contributed by atoms with van der Waals surface area (Å²) in [4.78, 5) is 39.0. The summed E-state index contributed by atoms with van der Waals surface area (Å²) in [6.45, 7) is 4.93. The quantitative estimate of drug-likeness (QED) is 0.164. The van der Waals surface area contributed by atoms with Crippen molar-refractivity contribution in [3.8, 4) is 16.7 Å². The summed E-state index contributed by atoms with van der Waals surface area (Å²) in [6.07, 6.45) is 11.1. The van der Waals surface area contributed by atoms with Gasteiger partial charge in [-0.15, -0.1) is 11.3 Å². The van der Waals surface area contributed by atoms with Gasteiger partial charge < -0.3 is 19.2 Å². The van der Waals surface area contributed by atoms with Crippen molar-refractivity contribution in [1.29, 1.82) is 5.26 Å². The number of rotatable bonds is 11. The van der Waals surface area contributed by atoms with Gasteiger partial charge in [0.05, 0.1) is 33.0 Å². The number of hydrogen-bond acceptors (Lipinski definition) is 8. The average Bonchev–Trinajstić information content (AvgIpc) is 3.63. The smallest absolute Gasteiger partial charge is 0.268 e. The molecule has 3 aromatic heterocycles. The number of nitrogens with one attached hydrogen (secondary N) is 2. The number of oxazole rings is 1. The Kier molecular flexibility index (Phi) is 7.56. The number of anilines is 1. The fourth-order valence-electron chi connectivity index (χ4n) is 5.89. The van der Waals surface area contributed by atoms with Crippen LogP contribution in [0.5, 0.6) is 0 Å². The summed E-state index contributed by atoms with van der Waals surface area (Å²) in [7, 11) is 0. The second kappa shape index (κ2) is 11.7. The van der Waals surface area contributed by atoms with Gasteiger partial charge in [-0.1, -0.05) is 19.1 Å². The molecule has 2 amide bonds. The summed E-state index contributed by atoms with van der Waals surface area (Å²) in [5.74, 6) is 1.36. The third-order valence-electron chi connectivity index (χ3n) is 8.92. The van der Waals surface area contributed by atoms with E-state index < -0.39 is 0 Å². The molecule has 11 heteroatoms. The fraction of sp³-hybridized carbons (Fsp3) is 0.424. The summed E-state index contributed by atoms with van der Waals surface area (Å²) >= 11 is 1.32. The molecular formula is C33H35N7O3S. The van der Waals surface area contributed by atoms with Crippen LogP contribution in [0.25, 0.3) is 21.7 Å². The Labute approximate surface area is 259 Å². The highest BCUT2D eigenvalue weighted by Crippen LogP contribution is 2.47. The van der Waals surface area contributed by atoms with Gasteiger partial charge in [-0.2, -0.15) is 5.26 Å². The van der Waals surface area contributed by atoms with Crippen LogP contribution >= 0.6 is 11.3 Å². The molecule has 10 nitrogen and oxygen atoms in total. The molecule has 2 aliphatic carbocycles. The maximum absolute atomic E-state index is 13.6. The van der Waals surface area contributed by atoms with Gasteiger partial charge in [0.15, 0.2) is 12.2 Å². The Morgan fingerprint density at radius 3 is 2.84 bits per heavy atom. The van der Waals surface area contributed by atoms with Gasteiger partial charge in [0.1, 0.15) is 11.6 Å². The normalized spacial score (nSPS) is 19.3. The van der Waals surface area contributed by atoms with Crippen LogP contribution in [0.15, 0.2) is 59.0 Å². The van der Waals surface area contributed by atoms with Crippen LogP contribution in [0.2, 0.25) is 0 Å². The molecule has 1 unspecified atom stereocenters. The lowest BCUT2D eigenvalue weighted by Gasteiger charge is -2.26. The first-order chi connectivity index (χ1) is 21.4. The predicted molar refractivity (Wildman–Crippen MR) is 168 cm³/mol. The third kappa shape index (κ3) is 6.05. The second-order valence-electron chi connectivity index (χ2n) is 12.5. The fourth-order valence-corrected chi connectivity index (χ4v) is 6.75. The maximum atomic E-state index is 13.6. The average molecular weight is 610 g/mol. The third-order valence-corrected chi connectivity index (χ3v) is 10.0. The summed E-state index contributed by atoms with van der Waals surface area (Å²) in [5, 5.41) is 16.4. The number of nitrogens with zero attached hydrogens (tertiary/aromatic N) is 5. The molecular weight excluding hydrogens is 574 g/mol. The molecule has 4 heterocycles. The molecule has 1 saturated heterocycles. The molecule has 2 N–H and O–H groups in total. The molecule has 0 spiro atoms. The number of benzene rings is 1. The molecule has 226 valence electrons. The maximum Gasteiger partial charge on any atom is 0.268 e. The van der Waals surface area contributed by atoms with E-state index in [1.807, 2.05) is 21.6 Å². The minimum Gasteiger partial charge on any atom is -0.443 e. The molecule has 3 fully saturated rings. The van der Waals surface area contributed by atoms with Crippen LogP contribution < -0.4 is 10.6 Å². The van der Waals surface area contributed by atoms with E-state index in [2.05, 4.69) is 46.8 Å². The lowest BCUT2D eigenvalue weighted by Crippen LogP contribution is -2.39. The number of hydrogen-bond donors (Lipinski definition) is 2. The van der Waals surface area contributed by atoms with Gasteiger partial charge in [-0.3, -0.25) is 14.9 Å². The number of amides is 2. The van der Waals surface area contributed by atoms with Crippen LogP contribution in [-0.4, -0.2) is 50.4 Å². The SMILES string of the molecule is CC1(C=C(C#N)C(=O)N2CCCC2Cn2c(NC(=O)c3ccc(-c4cnco4)s3)nc3cc(CNCC4CC4)ccc32)CC1. The van der Waals surface area contributed by atoms with E-state index in [1.165, 1.54) is 30.6 Å². The first kappa shape index (κ1) is 28.5. The van der Waals surface area contributed by atoms with Crippen LogP contribution in [0, 0.1) is 22.7 Å². The van der Waals surface area contributed by atoms with Crippen molar-refractivity contribution < 1.29 is 14.0 Å². The van der Waals surface area contributed by atoms with E-state index in [-0.39, 0.29) is 28.8 Å². The number of carbonyl (C=O) groups excluding carboxylic acids is 2. The summed E-state index contributed by atoms with van der Waals surface area (Å²) < 4.78 is 7.40. The van der Waals surface area contributed by atoms with Gasteiger partial charge in [0.2, 0.25) is 5.95 Å². The molecule has 1 aromatic carbocycles. The van der Waals surface area contributed by atoms with Crippen molar-refractivity contribution in [2.75, 3.05) is 18.4 Å². The topological polar surface area (TPSA) is 129 Å². The molecule has 7 rings (SSSR count). The van der Waals surface area contributed by atoms with E-state index in [9.17, 15) is 14.9 Å². The molecule has 0 radical (unpaired) electrons. The van der Waals surface area contributed by atoms with Crippen molar-refractivity contribution in [3.63, 3.8) is 0 Å². The van der Waals surface area contributed by atoms with Crippen molar-refractivity contribution in [2.24, 2.45) is 11.3 Å². The minimum atomic E-state index is -0.268. The van der Waals surface area contributed by atoms with E-state index in [0.717, 1.165) is 66.2 Å². The molecule has 1 aliphatic heterocycles. The standard InChI is InChI=1S/C33H35N7O3S/c1-33(10-11-33)14-23(15-34)31(42)39-12-2-3-24(39)19-40-26-7-6-22(17-35-16-21-4-5-21)13-25(26)37-32(40)38-30(41)29-9-8-28(44-29)27-18-36-20-43-27/h6-9,13-14,18,20-21,24,35H,2-5,10-12,16-17,19H2,1H3,(H,37,38,41). The highest BCUT2D eigenvalue weighted by Gasteiger charge is 2.38. The Balaban J connectivity index is 1.16. The zero-order chi connectivity index (χ0) is 30.3. The monoisotopic (exact) mass is 609 g/mol. The van der Waals surface area contributed by atoms with Gasteiger partial charge >= 0.3 is 0 Å². The van der Waals surface area contributed by atoms with Gasteiger partial charge in [-0.05, 0) is 86.2 Å². The first-order valence-electron chi connectivity index (χ1n) is 15.3. The van der Waals surface area contributed by atoms with Gasteiger partial charge in [0, 0.05) is 19.6 Å². The largest absolute Gasteiger partial charge is 0.443 e. The zero-order valence-corrected chi connectivity index (χ0v) is 25.5. The molecule has 4 aromatic rings. The molecule has 2 saturated carbocycles. The Hall–Kier alpha value is -4.27. The molecule has 44 heavy (non-hydrogen) atoms. The minimum absolute atomic E-state index is 0.0473. The number of carbonyl (C=O) groups is 2. The van der Waals surface area contributed by atoms with E-state index >= 15 is 0 Å². The number of imidazole rings is 1. The number of thiophene rings is 1. The highest BCUT2D eigenvalue weighted by atomic mass is 32.1. The van der Waals surface area contributed by atoms with Crippen molar-refractivity contribution in [2.45, 2.75) is 64.6 Å². The van der Waals surface area contributed by atoms with Gasteiger partial charge in [-0.25, -0.2) is 9.97 Å². The predicted octanol–water partition coefficient (Wildman–Crippen LogP) is 5.75. The molecule has 3 aliphatic rings. The van der Waals surface area contributed by atoms with Crippen LogP contribution in [0.1, 0.15) is 60.7 Å². The zero-order valence-electron chi connectivity index (χ0n) is 24.7. The number of nitriles is 1.